The molecule has 53 heteroatoms. The number of phosphoric acid groups is 2. The van der Waals surface area contributed by atoms with Crippen molar-refractivity contribution < 1.29 is 151 Å². The first-order chi connectivity index (χ1) is 65.2. The molecule has 4 saturated heterocycles. The zero-order chi connectivity index (χ0) is 99.2. The average molecular weight is 1950 g/mol. The molecule has 51 nitrogen and oxygen atoms in total. The molecular weight excluding hydrogens is 1840 g/mol. The summed E-state index contributed by atoms with van der Waals surface area (Å²) in [5, 5.41) is 124. The van der Waals surface area contributed by atoms with Crippen LogP contribution in [-0.4, -0.2) is 262 Å². The maximum atomic E-state index is 11.6. The van der Waals surface area contributed by atoms with Crippen LogP contribution in [0.2, 0.25) is 0 Å². The smallest absolute Gasteiger partial charge is 0.179 e. The second-order valence-corrected chi connectivity index (χ2v) is 35.5. The van der Waals surface area contributed by atoms with Crippen LogP contribution < -0.4 is 60.8 Å². The van der Waals surface area contributed by atoms with Gasteiger partial charge in [0.25, 0.3) is 0 Å². The number of hydrogen-bond donors (Lipinski definition) is 16. The summed E-state index contributed by atoms with van der Waals surface area (Å²) < 4.78 is 59.3. The maximum Gasteiger partial charge on any atom is 0.179 e. The van der Waals surface area contributed by atoms with Crippen molar-refractivity contribution in [3.05, 3.63) is 171 Å². The second kappa shape index (κ2) is 44.8. The number of ketones is 4. The molecule has 0 bridgehead atoms. The van der Waals surface area contributed by atoms with E-state index in [4.69, 9.17) is 41.9 Å². The van der Waals surface area contributed by atoms with Gasteiger partial charge in [-0.25, -0.2) is 78.1 Å². The van der Waals surface area contributed by atoms with E-state index in [0.717, 1.165) is 0 Å². The second-order valence-electron chi connectivity index (χ2n) is 33.0. The molecule has 16 rings (SSSR count). The van der Waals surface area contributed by atoms with E-state index in [1.807, 2.05) is 67.3 Å². The van der Waals surface area contributed by atoms with Gasteiger partial charge in [0, 0.05) is 49.9 Å². The molecule has 0 aliphatic carbocycles. The molecule has 0 saturated carbocycles. The molecule has 12 aromatic heterocycles. The van der Waals surface area contributed by atoms with Crippen LogP contribution in [0.25, 0.3) is 44.7 Å². The van der Waals surface area contributed by atoms with Gasteiger partial charge in [0.2, 0.25) is 0 Å². The Kier molecular flexibility index (Phi) is 34.1. The summed E-state index contributed by atoms with van der Waals surface area (Å²) in [6.07, 6.45) is 18.1. The lowest BCUT2D eigenvalue weighted by molar-refractivity contribution is -0.697. The molecule has 0 radical (unpaired) electrons. The molecule has 0 unspecified atom stereocenters. The monoisotopic (exact) mass is 1950 g/mol. The van der Waals surface area contributed by atoms with Gasteiger partial charge in [-0.2, -0.15) is 0 Å². The van der Waals surface area contributed by atoms with Gasteiger partial charge >= 0.3 is 0 Å². The highest BCUT2D eigenvalue weighted by molar-refractivity contribution is 7.57. The summed E-state index contributed by atoms with van der Waals surface area (Å²) in [6, 6.07) is 14.4. The van der Waals surface area contributed by atoms with Crippen LogP contribution in [0.1, 0.15) is 146 Å². The number of ether oxygens (including phenoxy) is 4. The summed E-state index contributed by atoms with van der Waals surface area (Å²) >= 11 is 0. The van der Waals surface area contributed by atoms with Gasteiger partial charge in [-0.3, -0.25) is 37.4 Å². The Labute approximate surface area is 779 Å². The van der Waals surface area contributed by atoms with Crippen molar-refractivity contribution in [2.24, 2.45) is 0 Å². The van der Waals surface area contributed by atoms with Crippen LogP contribution in [0.3, 0.4) is 0 Å². The number of fused-ring (bicyclic) bond motifs is 4. The van der Waals surface area contributed by atoms with Crippen molar-refractivity contribution in [2.45, 2.75) is 227 Å². The number of aliphatic hydroxyl groups is 12. The fourth-order valence-corrected chi connectivity index (χ4v) is 18.0. The molecule has 0 aromatic carbocycles. The summed E-state index contributed by atoms with van der Waals surface area (Å²) in [5.74, 6) is 0.761. The third-order valence-corrected chi connectivity index (χ3v) is 25.6. The quantitative estimate of drug-likeness (QED) is 0.00776. The summed E-state index contributed by atoms with van der Waals surface area (Å²) in [5.41, 5.74) is 23.5. The van der Waals surface area contributed by atoms with Gasteiger partial charge in [0.1, 0.15) is 147 Å². The van der Waals surface area contributed by atoms with E-state index in [1.165, 1.54) is 78.3 Å². The number of pyridine rings is 4. The number of carbonyl (C=O) groups excluding carboxylic acids is 4. The number of aromatic nitrogens is 20. The number of carbonyl (C=O) groups is 4. The van der Waals surface area contributed by atoms with Crippen molar-refractivity contribution in [3.8, 4) is 0 Å². The van der Waals surface area contributed by atoms with Crippen LogP contribution in [0, 0.1) is 0 Å². The lowest BCUT2D eigenvalue weighted by Crippen LogP contribution is -2.45. The number of nitrogens with two attached hydrogens (primary N) is 4. The first-order valence-corrected chi connectivity index (χ1v) is 46.2. The predicted molar refractivity (Wildman–Crippen MR) is 465 cm³/mol. The topological polar surface area (TPSA) is 778 Å². The number of nitrogens with zero attached hydrogens (tertiary/aromatic N) is 20. The van der Waals surface area contributed by atoms with Gasteiger partial charge in [-0.15, -0.1) is 0 Å². The van der Waals surface area contributed by atoms with Crippen molar-refractivity contribution in [2.75, 3.05) is 49.4 Å². The van der Waals surface area contributed by atoms with Crippen LogP contribution in [-0.2, 0) is 81.5 Å². The largest absolute Gasteiger partial charge is 0.790 e. The Morgan fingerprint density at radius 3 is 0.730 bits per heavy atom. The number of hydrogen-bond acceptors (Lipinski definition) is 43. The van der Waals surface area contributed by atoms with Crippen LogP contribution >= 0.6 is 15.6 Å². The van der Waals surface area contributed by atoms with E-state index >= 15 is 0 Å². The van der Waals surface area contributed by atoms with Crippen molar-refractivity contribution in [1.82, 2.24) is 78.1 Å². The van der Waals surface area contributed by atoms with Crippen LogP contribution in [0.5, 0.6) is 0 Å². The van der Waals surface area contributed by atoms with Crippen molar-refractivity contribution >= 4 is 107 Å². The predicted octanol–water partition coefficient (Wildman–Crippen LogP) is -5.20. The van der Waals surface area contributed by atoms with Crippen LogP contribution in [0.4, 0.5) is 23.3 Å². The van der Waals surface area contributed by atoms with Crippen LogP contribution in [0.15, 0.2) is 149 Å². The van der Waals surface area contributed by atoms with Gasteiger partial charge in [0.15, 0.2) is 141 Å². The third kappa shape index (κ3) is 23.3. The minimum absolute atomic E-state index is 0.00179. The Morgan fingerprint density at radius 1 is 0.358 bits per heavy atom. The molecule has 0 spiro atoms. The van der Waals surface area contributed by atoms with E-state index < -0.39 is 138 Å². The number of aliphatic hydroxyl groups excluding tert-OH is 12. The molecule has 4 aliphatic heterocycles. The fraction of sp³-hybridized carbons (Fsp3) is 0.476. The average Bonchev–Trinajstić information content (AvgIpc) is 1.60. The Hall–Kier alpha value is -11.7. The Bertz CT molecular complexity index is 5590. The van der Waals surface area contributed by atoms with Gasteiger partial charge < -0.3 is 136 Å². The number of aryl methyl sites for hydroxylation is 4. The third-order valence-electron chi connectivity index (χ3n) is 24.0. The molecule has 12 aromatic rings. The van der Waals surface area contributed by atoms with Gasteiger partial charge in [0.05, 0.1) is 89.6 Å². The number of nitrogen functional groups attached to an aromatic ring is 4. The van der Waals surface area contributed by atoms with Crippen molar-refractivity contribution in [3.63, 3.8) is 0 Å². The SMILES string of the molecule is CC(=O)c1ccc[n+](CCCC[C@@]2(n3cnc4c(N)ncnc43)O[C@H](CO)[C@@H](O)[C@H]2O)c1.CC(=O)c1ccc[n+](CCCC[C@@]2(n3cnc4c(N)ncnc43)O[C@H](CO)[C@@H](O)[C@H]2O)c1.CC(=O)c1ccc[n+](CCCC[C@@]2(n3cnc4c(N)ncnc43)O[C@H](CO)[C@@H](O)[C@H]2O)c1.CC(=O)c1ccc[n+](CCCC[C@@]2(n3cnc4c(N)ncnc43)O[C@H](CO)[C@@H](O)[C@H]2O)c1.O=P([O-])([O-])OP(=O)([O-])[O-]. The summed E-state index contributed by atoms with van der Waals surface area (Å²) in [4.78, 5) is 133. The number of anilines is 4. The molecule has 137 heavy (non-hydrogen) atoms. The number of imidazole rings is 4. The lowest BCUT2D eigenvalue weighted by Gasteiger charge is -2.39. The summed E-state index contributed by atoms with van der Waals surface area (Å²) in [6.45, 7) is 6.92. The lowest BCUT2D eigenvalue weighted by atomic mass is 9.96. The highest BCUT2D eigenvalue weighted by atomic mass is 31.3. The number of rotatable bonds is 34. The highest BCUT2D eigenvalue weighted by Gasteiger charge is 2.60. The zero-order valence-electron chi connectivity index (χ0n) is 74.6. The maximum absolute atomic E-state index is 11.6. The standard InChI is InChI=1S/4C21H27N6O5.H4O7P2/c4*1-13(29)14-5-4-8-26(9-14)7-3-2-6-21(18(31)17(30)15(10-28)32-21)27-12-25-16-19(22)23-11-24-20(16)27;1-8(2,3)7-9(4,5)6/h4*4-5,8-9,11-12,15,17-18,28,30-31H,2-3,6-7,10H2,1H3,(H2,22,23,24);(H2,1,2,3)(H2,4,5,6)/q4*+1;/p-4/t4*15-,17-,18-,21-;/m1111./s1. The fourth-order valence-electron chi connectivity index (χ4n) is 17.0. The van der Waals surface area contributed by atoms with E-state index in [-0.39, 0.29) is 46.4 Å². The minimum atomic E-state index is -5.68. The first kappa shape index (κ1) is 104. The molecule has 736 valence electrons. The Balaban J connectivity index is 0.000000159. The Morgan fingerprint density at radius 2 is 0.562 bits per heavy atom. The normalized spacial score (nSPS) is 24.7. The molecule has 4 aliphatic rings. The molecule has 4 fully saturated rings. The molecule has 0 amide bonds. The van der Waals surface area contributed by atoms with E-state index in [0.29, 0.717) is 170 Å². The highest BCUT2D eigenvalue weighted by Crippen LogP contribution is 2.47. The number of Topliss-reactive ketones (excluding diaryl/α,β-unsaturated/α-hetero) is 4. The zero-order valence-corrected chi connectivity index (χ0v) is 76.4. The molecular formula is C84H108N24O27P2. The van der Waals surface area contributed by atoms with E-state index in [1.54, 1.807) is 67.3 Å². The van der Waals surface area contributed by atoms with E-state index in [2.05, 4.69) is 64.1 Å². The van der Waals surface area contributed by atoms with E-state index in [9.17, 15) is 109 Å². The number of unbranched alkanes of at least 4 members (excludes halogenated alkanes) is 4. The molecule has 16 atom stereocenters. The molecule has 16 heterocycles. The summed E-state index contributed by atoms with van der Waals surface area (Å²) in [7, 11) is -11.4. The minimum Gasteiger partial charge on any atom is -0.790 e. The first-order valence-electron chi connectivity index (χ1n) is 43.3. The molecule has 20 N–H and O–H groups in total. The van der Waals surface area contributed by atoms with Gasteiger partial charge in [-0.1, -0.05) is 0 Å². The van der Waals surface area contributed by atoms with Gasteiger partial charge in [-0.05, 0) is 103 Å². The van der Waals surface area contributed by atoms with Crippen molar-refractivity contribution in [1.29, 1.82) is 0 Å².